The Kier molecular flexibility index (Phi) is 6.45. The van der Waals surface area contributed by atoms with Gasteiger partial charge in [-0.25, -0.2) is 9.25 Å². The second kappa shape index (κ2) is 9.12. The number of hydrogen-bond acceptors (Lipinski definition) is 1. The van der Waals surface area contributed by atoms with Crippen LogP contribution in [0, 0.1) is 6.92 Å². The van der Waals surface area contributed by atoms with Crippen molar-refractivity contribution in [1.82, 2.24) is 13.9 Å². The highest BCUT2D eigenvalue weighted by Gasteiger charge is 2.32. The Morgan fingerprint density at radius 1 is 0.969 bits per heavy atom. The highest BCUT2D eigenvalue weighted by atomic mass is 79.9. The Morgan fingerprint density at radius 3 is 2.41 bits per heavy atom. The maximum absolute atomic E-state index is 13.8. The molecular weight excluding hydrogens is 488 g/mol. The third kappa shape index (κ3) is 3.76. The highest BCUT2D eigenvalue weighted by molar-refractivity contribution is 6.30. The van der Waals surface area contributed by atoms with E-state index in [1.807, 2.05) is 73.3 Å². The minimum absolute atomic E-state index is 0. The van der Waals surface area contributed by atoms with E-state index in [0.29, 0.717) is 10.7 Å². The predicted octanol–water partition coefficient (Wildman–Crippen LogP) is 1.61. The summed E-state index contributed by atoms with van der Waals surface area (Å²) in [5.41, 5.74) is 4.59. The number of fused-ring (bicyclic) bond motifs is 1. The number of benzene rings is 2. The summed E-state index contributed by atoms with van der Waals surface area (Å²) in [6, 6.07) is 17.7. The summed E-state index contributed by atoms with van der Waals surface area (Å²) in [6.45, 7) is 3.00. The molecule has 3 heterocycles. The molecule has 0 radical (unpaired) electrons. The smallest absolute Gasteiger partial charge is 0.319 e. The molecule has 1 aliphatic rings. The first-order chi connectivity index (χ1) is 15.1. The van der Waals surface area contributed by atoms with Gasteiger partial charge in [0.1, 0.15) is 6.20 Å². The monoisotopic (exact) mass is 512 g/mol. The molecule has 0 saturated heterocycles. The molecule has 2 aromatic heterocycles. The number of nitrogens with zero attached hydrogens (tertiary/aromatic N) is 4. The lowest BCUT2D eigenvalue weighted by Gasteiger charge is -2.07. The van der Waals surface area contributed by atoms with Crippen LogP contribution < -0.4 is 27.1 Å². The normalized spacial score (nSPS) is 13.3. The van der Waals surface area contributed by atoms with Gasteiger partial charge in [0.05, 0.1) is 17.9 Å². The van der Waals surface area contributed by atoms with E-state index >= 15 is 0 Å². The number of para-hydroxylation sites is 1. The van der Waals surface area contributed by atoms with Crippen molar-refractivity contribution in [2.24, 2.45) is 7.05 Å². The van der Waals surface area contributed by atoms with Crippen molar-refractivity contribution in [3.63, 3.8) is 0 Å². The molecule has 1 aliphatic heterocycles. The van der Waals surface area contributed by atoms with Crippen LogP contribution in [0.5, 0.6) is 0 Å². The van der Waals surface area contributed by atoms with E-state index in [9.17, 15) is 4.79 Å². The van der Waals surface area contributed by atoms with Crippen LogP contribution >= 0.6 is 11.6 Å². The van der Waals surface area contributed by atoms with E-state index in [0.717, 1.165) is 48.4 Å². The summed E-state index contributed by atoms with van der Waals surface area (Å²) in [5, 5.41) is 0.707. The molecule has 0 saturated carbocycles. The van der Waals surface area contributed by atoms with Gasteiger partial charge in [0, 0.05) is 24.1 Å². The maximum atomic E-state index is 13.8. The van der Waals surface area contributed by atoms with Gasteiger partial charge in [0.15, 0.2) is 5.69 Å². The fourth-order valence-corrected chi connectivity index (χ4v) is 4.75. The van der Waals surface area contributed by atoms with Crippen LogP contribution in [0.2, 0.25) is 5.02 Å². The van der Waals surface area contributed by atoms with Crippen LogP contribution in [0.4, 0.5) is 0 Å². The van der Waals surface area contributed by atoms with Gasteiger partial charge in [-0.2, -0.15) is 4.57 Å². The van der Waals surface area contributed by atoms with Gasteiger partial charge in [0.2, 0.25) is 5.69 Å². The molecule has 2 aromatic carbocycles. The lowest BCUT2D eigenvalue weighted by atomic mass is 10.1. The van der Waals surface area contributed by atoms with E-state index in [4.69, 9.17) is 11.6 Å². The number of aryl methyl sites for hydroxylation is 1. The first-order valence-corrected chi connectivity index (χ1v) is 11.2. The Labute approximate surface area is 203 Å². The largest absolute Gasteiger partial charge is 1.00 e. The second-order valence-corrected chi connectivity index (χ2v) is 8.62. The topological polar surface area (TPSA) is 35.7 Å². The third-order valence-corrected chi connectivity index (χ3v) is 6.55. The fourth-order valence-electron chi connectivity index (χ4n) is 4.62. The molecule has 0 atom stereocenters. The first-order valence-electron chi connectivity index (χ1n) is 10.8. The van der Waals surface area contributed by atoms with E-state index in [2.05, 4.69) is 15.3 Å². The quantitative estimate of drug-likeness (QED) is 0.384. The molecule has 0 unspecified atom stereocenters. The average Bonchev–Trinajstić information content (AvgIpc) is 3.10. The van der Waals surface area contributed by atoms with E-state index < -0.39 is 0 Å². The minimum Gasteiger partial charge on any atom is -1.00 e. The number of imidazole rings is 1. The molecule has 7 heteroatoms. The molecule has 0 N–H and O–H groups in total. The SMILES string of the molecule is Cc1c(-n2c(-c3ccc(Cl)cc3)c[n+]3c2CCCCC3)c(=O)n(-c2ccccc2)n1C.[Br-]. The number of aromatic nitrogens is 4. The molecule has 0 aliphatic carbocycles. The third-order valence-electron chi connectivity index (χ3n) is 6.30. The Morgan fingerprint density at radius 2 is 1.69 bits per heavy atom. The maximum Gasteiger partial charge on any atom is 0.319 e. The Hall–Kier alpha value is -2.57. The van der Waals surface area contributed by atoms with Crippen LogP contribution in [0.3, 0.4) is 0 Å². The summed E-state index contributed by atoms with van der Waals surface area (Å²) in [7, 11) is 1.95. The molecule has 5 nitrogen and oxygen atoms in total. The van der Waals surface area contributed by atoms with Crippen LogP contribution in [0.15, 0.2) is 65.6 Å². The van der Waals surface area contributed by atoms with Crippen molar-refractivity contribution < 1.29 is 21.5 Å². The number of rotatable bonds is 3. The summed E-state index contributed by atoms with van der Waals surface area (Å²) in [5.74, 6) is 1.19. The Bertz CT molecular complexity index is 1300. The molecule has 0 bridgehead atoms. The summed E-state index contributed by atoms with van der Waals surface area (Å²) < 4.78 is 8.22. The zero-order chi connectivity index (χ0) is 21.5. The fraction of sp³-hybridized carbons (Fsp3) is 0.280. The molecular formula is C25H26BrClN4O. The van der Waals surface area contributed by atoms with Crippen LogP contribution in [-0.2, 0) is 20.0 Å². The molecule has 0 amide bonds. The number of halogens is 2. The summed E-state index contributed by atoms with van der Waals surface area (Å²) in [4.78, 5) is 13.8. The molecule has 166 valence electrons. The van der Waals surface area contributed by atoms with Crippen molar-refractivity contribution in [2.75, 3.05) is 0 Å². The van der Waals surface area contributed by atoms with Crippen molar-refractivity contribution >= 4 is 11.6 Å². The molecule has 32 heavy (non-hydrogen) atoms. The highest BCUT2D eigenvalue weighted by Crippen LogP contribution is 2.28. The van der Waals surface area contributed by atoms with Gasteiger partial charge in [-0.3, -0.25) is 9.48 Å². The standard InChI is InChI=1S/C25H26ClN4O.BrH/c1-18-24(25(31)30(27(18)2)21-9-5-3-6-10-21)29-22(19-12-14-20(26)15-13-19)17-28-16-8-4-7-11-23(28)29;/h3,5-6,9-10,12-15,17H,4,7-8,11,16H2,1-2H3;1H/q+1;/p-1. The van der Waals surface area contributed by atoms with Crippen molar-refractivity contribution in [1.29, 1.82) is 0 Å². The van der Waals surface area contributed by atoms with Gasteiger partial charge >= 0.3 is 5.56 Å². The van der Waals surface area contributed by atoms with Crippen molar-refractivity contribution in [3.8, 4) is 22.6 Å². The number of hydrogen-bond donors (Lipinski definition) is 0. The molecule has 4 aromatic rings. The van der Waals surface area contributed by atoms with Crippen LogP contribution in [0.25, 0.3) is 22.6 Å². The van der Waals surface area contributed by atoms with Gasteiger partial charge in [0.25, 0.3) is 5.82 Å². The summed E-state index contributed by atoms with van der Waals surface area (Å²) >= 11 is 6.15. The van der Waals surface area contributed by atoms with Crippen LogP contribution in [-0.4, -0.2) is 13.9 Å². The van der Waals surface area contributed by atoms with E-state index in [1.54, 1.807) is 4.68 Å². The lowest BCUT2D eigenvalue weighted by Crippen LogP contribution is -3.00. The Balaban J connectivity index is 0.00000245. The predicted molar refractivity (Wildman–Crippen MR) is 123 cm³/mol. The van der Waals surface area contributed by atoms with Gasteiger partial charge in [-0.15, -0.1) is 0 Å². The van der Waals surface area contributed by atoms with Crippen LogP contribution in [0.1, 0.15) is 30.8 Å². The molecule has 5 rings (SSSR count). The van der Waals surface area contributed by atoms with Crippen molar-refractivity contribution in [3.05, 3.63) is 87.7 Å². The van der Waals surface area contributed by atoms with E-state index in [1.165, 1.54) is 12.2 Å². The minimum atomic E-state index is -0.00957. The first kappa shape index (κ1) is 22.6. The van der Waals surface area contributed by atoms with E-state index in [-0.39, 0.29) is 22.5 Å². The lowest BCUT2D eigenvalue weighted by molar-refractivity contribution is -0.702. The molecule has 0 fully saturated rings. The van der Waals surface area contributed by atoms with Crippen molar-refractivity contribution in [2.45, 2.75) is 39.2 Å². The zero-order valence-corrected chi connectivity index (χ0v) is 20.6. The van der Waals surface area contributed by atoms with Gasteiger partial charge in [-0.05, 0) is 62.6 Å². The van der Waals surface area contributed by atoms with Gasteiger partial charge in [-0.1, -0.05) is 29.8 Å². The van der Waals surface area contributed by atoms with Gasteiger partial charge < -0.3 is 17.0 Å². The average molecular weight is 514 g/mol. The zero-order valence-electron chi connectivity index (χ0n) is 18.3. The molecule has 0 spiro atoms. The summed E-state index contributed by atoms with van der Waals surface area (Å²) in [6.07, 6.45) is 6.64. The second-order valence-electron chi connectivity index (χ2n) is 8.19.